The van der Waals surface area contributed by atoms with Crippen LogP contribution >= 0.6 is 0 Å². The van der Waals surface area contributed by atoms with E-state index in [1.165, 1.54) is 0 Å². The van der Waals surface area contributed by atoms with E-state index >= 15 is 0 Å². The van der Waals surface area contributed by atoms with Crippen molar-refractivity contribution in [1.82, 2.24) is 9.97 Å². The number of rotatable bonds is 6. The van der Waals surface area contributed by atoms with E-state index in [1.54, 1.807) is 37.4 Å². The Balaban J connectivity index is 2.03. The molecule has 0 bridgehead atoms. The normalized spacial score (nSPS) is 11.8. The molecule has 0 aliphatic rings. The number of aromatic amines is 1. The predicted molar refractivity (Wildman–Crippen MR) is 118 cm³/mol. The summed E-state index contributed by atoms with van der Waals surface area (Å²) in [6.45, 7) is 7.01. The molecule has 0 atom stereocenters. The second kappa shape index (κ2) is 7.59. The van der Waals surface area contributed by atoms with Crippen LogP contribution in [0.1, 0.15) is 12.5 Å². The number of H-pyrrole nitrogens is 1. The number of ether oxygens (including phenoxy) is 1. The first-order chi connectivity index (χ1) is 14.3. The van der Waals surface area contributed by atoms with Crippen molar-refractivity contribution in [2.75, 3.05) is 12.4 Å². The number of nitrogens with zero attached hydrogens (tertiary/aromatic N) is 1. The number of nitrogens with one attached hydrogen (secondary N) is 1. The first kappa shape index (κ1) is 20.1. The average Bonchev–Trinajstić information content (AvgIpc) is 3.13. The maximum atomic E-state index is 12.4. The molecule has 2 aromatic heterocycles. The lowest BCUT2D eigenvalue weighted by Crippen LogP contribution is -2.03. The largest absolute Gasteiger partial charge is 0.458 e. The van der Waals surface area contributed by atoms with Crippen LogP contribution in [0.2, 0.25) is 0 Å². The molecule has 2 N–H and O–H groups in total. The summed E-state index contributed by atoms with van der Waals surface area (Å²) in [7, 11) is -3.33. The summed E-state index contributed by atoms with van der Waals surface area (Å²) in [4.78, 5) is 8.07. The van der Waals surface area contributed by atoms with Gasteiger partial charge in [-0.2, -0.15) is 0 Å². The molecule has 0 saturated heterocycles. The van der Waals surface area contributed by atoms with E-state index in [4.69, 9.17) is 4.74 Å². The fourth-order valence-electron chi connectivity index (χ4n) is 3.50. The number of aromatic nitrogens is 2. The van der Waals surface area contributed by atoms with E-state index in [0.717, 1.165) is 27.5 Å². The molecule has 0 aliphatic carbocycles. The second-order valence-corrected chi connectivity index (χ2v) is 9.40. The quantitative estimate of drug-likeness (QED) is 0.450. The number of pyridine rings is 1. The molecule has 2 heterocycles. The number of aryl methyl sites for hydroxylation is 1. The Hall–Kier alpha value is -3.16. The number of aliphatic hydroxyl groups excluding tert-OH is 1. The Labute approximate surface area is 174 Å². The summed E-state index contributed by atoms with van der Waals surface area (Å²) in [5.41, 5.74) is 4.05. The fraction of sp³-hybridized carbons (Fsp3) is 0.174. The smallest absolute Gasteiger partial charge is 0.178 e. The summed E-state index contributed by atoms with van der Waals surface area (Å²) in [6, 6.07) is 12.6. The predicted octanol–water partition coefficient (Wildman–Crippen LogP) is 4.37. The van der Waals surface area contributed by atoms with Crippen LogP contribution in [0.4, 0.5) is 0 Å². The molecule has 7 heteroatoms. The summed E-state index contributed by atoms with van der Waals surface area (Å²) in [6.07, 6.45) is 1.78. The molecule has 0 unspecified atom stereocenters. The maximum absolute atomic E-state index is 12.4. The number of hydrogen-bond donors (Lipinski definition) is 2. The third kappa shape index (κ3) is 3.46. The van der Waals surface area contributed by atoms with E-state index in [-0.39, 0.29) is 18.1 Å². The van der Waals surface area contributed by atoms with Crippen LogP contribution in [-0.2, 0) is 9.84 Å². The Morgan fingerprint density at radius 2 is 2.03 bits per heavy atom. The van der Waals surface area contributed by atoms with E-state index < -0.39 is 9.84 Å². The van der Waals surface area contributed by atoms with Gasteiger partial charge in [0, 0.05) is 17.0 Å². The van der Waals surface area contributed by atoms with Crippen LogP contribution in [-0.4, -0.2) is 35.9 Å². The molecule has 0 fully saturated rings. The Bertz CT molecular complexity index is 1390. The topological polar surface area (TPSA) is 92.3 Å². The molecule has 0 aliphatic heterocycles. The van der Waals surface area contributed by atoms with Gasteiger partial charge in [0.25, 0.3) is 0 Å². The molecule has 6 nitrogen and oxygen atoms in total. The van der Waals surface area contributed by atoms with Gasteiger partial charge in [-0.3, -0.25) is 0 Å². The minimum absolute atomic E-state index is 0.0398. The number of fused-ring (bicyclic) bond motifs is 3. The summed E-state index contributed by atoms with van der Waals surface area (Å²) in [5, 5.41) is 11.1. The van der Waals surface area contributed by atoms with Gasteiger partial charge in [-0.25, -0.2) is 13.4 Å². The van der Waals surface area contributed by atoms with Crippen molar-refractivity contribution in [3.05, 3.63) is 66.6 Å². The van der Waals surface area contributed by atoms with E-state index in [2.05, 4.69) is 16.5 Å². The molecule has 30 heavy (non-hydrogen) atoms. The van der Waals surface area contributed by atoms with Gasteiger partial charge in [-0.1, -0.05) is 25.6 Å². The van der Waals surface area contributed by atoms with Gasteiger partial charge in [0.2, 0.25) is 0 Å². The highest BCUT2D eigenvalue weighted by atomic mass is 32.2. The zero-order valence-electron chi connectivity index (χ0n) is 16.8. The minimum atomic E-state index is -3.33. The van der Waals surface area contributed by atoms with E-state index in [9.17, 15) is 13.5 Å². The van der Waals surface area contributed by atoms with Gasteiger partial charge in [-0.05, 0) is 53.9 Å². The zero-order chi connectivity index (χ0) is 21.5. The van der Waals surface area contributed by atoms with Crippen LogP contribution in [0.3, 0.4) is 0 Å². The van der Waals surface area contributed by atoms with Crippen LogP contribution < -0.4 is 4.74 Å². The van der Waals surface area contributed by atoms with Crippen molar-refractivity contribution in [3.63, 3.8) is 0 Å². The molecular formula is C23H22N2O4S. The van der Waals surface area contributed by atoms with Gasteiger partial charge in [0.05, 0.1) is 16.2 Å². The number of sulfone groups is 1. The zero-order valence-corrected chi connectivity index (χ0v) is 17.6. The highest BCUT2D eigenvalue weighted by Crippen LogP contribution is 2.39. The summed E-state index contributed by atoms with van der Waals surface area (Å²) < 4.78 is 30.5. The van der Waals surface area contributed by atoms with Gasteiger partial charge >= 0.3 is 0 Å². The highest BCUT2D eigenvalue weighted by Gasteiger charge is 2.18. The van der Waals surface area contributed by atoms with E-state index in [0.29, 0.717) is 21.8 Å². The SMILES string of the molecule is C=C(CO)Oc1ccc(-c2cccc(S(=O)(=O)CC)c2)c2c1[nH]c1ncc(C)cc12. The molecule has 0 amide bonds. The highest BCUT2D eigenvalue weighted by molar-refractivity contribution is 7.91. The number of aliphatic hydroxyl groups is 1. The molecule has 0 radical (unpaired) electrons. The van der Waals surface area contributed by atoms with Crippen LogP contribution in [0.5, 0.6) is 5.75 Å². The lowest BCUT2D eigenvalue weighted by molar-refractivity contribution is 0.265. The molecule has 2 aromatic carbocycles. The molecule has 154 valence electrons. The van der Waals surface area contributed by atoms with Gasteiger partial charge < -0.3 is 14.8 Å². The molecular weight excluding hydrogens is 400 g/mol. The molecule has 0 saturated carbocycles. The van der Waals surface area contributed by atoms with Gasteiger partial charge in [0.15, 0.2) is 15.6 Å². The van der Waals surface area contributed by atoms with E-state index in [1.807, 2.05) is 25.1 Å². The third-order valence-corrected chi connectivity index (χ3v) is 6.75. The van der Waals surface area contributed by atoms with Crippen LogP contribution in [0.25, 0.3) is 33.1 Å². The van der Waals surface area contributed by atoms with Gasteiger partial charge in [-0.15, -0.1) is 0 Å². The lowest BCUT2D eigenvalue weighted by Gasteiger charge is -2.12. The summed E-state index contributed by atoms with van der Waals surface area (Å²) >= 11 is 0. The Morgan fingerprint density at radius 3 is 2.77 bits per heavy atom. The fourth-order valence-corrected chi connectivity index (χ4v) is 4.43. The number of benzene rings is 2. The minimum Gasteiger partial charge on any atom is -0.458 e. The van der Waals surface area contributed by atoms with Crippen LogP contribution in [0.15, 0.2) is 65.9 Å². The van der Waals surface area contributed by atoms with Crippen molar-refractivity contribution >= 4 is 31.8 Å². The lowest BCUT2D eigenvalue weighted by atomic mass is 9.99. The number of hydrogen-bond acceptors (Lipinski definition) is 5. The van der Waals surface area contributed by atoms with Crippen molar-refractivity contribution in [3.8, 4) is 16.9 Å². The second-order valence-electron chi connectivity index (χ2n) is 7.13. The monoisotopic (exact) mass is 422 g/mol. The van der Waals surface area contributed by atoms with Crippen LogP contribution in [0, 0.1) is 6.92 Å². The Morgan fingerprint density at radius 1 is 1.23 bits per heavy atom. The molecule has 4 rings (SSSR count). The van der Waals surface area contributed by atoms with Crippen molar-refractivity contribution in [2.24, 2.45) is 0 Å². The molecule has 4 aromatic rings. The van der Waals surface area contributed by atoms with Crippen molar-refractivity contribution in [2.45, 2.75) is 18.7 Å². The van der Waals surface area contributed by atoms with Gasteiger partial charge in [0.1, 0.15) is 18.0 Å². The standard InChI is InChI=1S/C23H22N2O4S/c1-4-30(27,28)17-7-5-6-16(11-17)18-8-9-20(29-15(3)13-26)22-21(18)19-10-14(2)12-24-23(19)25-22/h5-12,26H,3-4,13H2,1-2H3,(H,24,25). The summed E-state index contributed by atoms with van der Waals surface area (Å²) in [5.74, 6) is 0.779. The maximum Gasteiger partial charge on any atom is 0.178 e. The van der Waals surface area contributed by atoms with Crippen molar-refractivity contribution in [1.29, 1.82) is 0 Å². The van der Waals surface area contributed by atoms with Crippen molar-refractivity contribution < 1.29 is 18.3 Å². The third-order valence-electron chi connectivity index (χ3n) is 5.02. The molecule has 0 spiro atoms. The average molecular weight is 423 g/mol. The first-order valence-corrected chi connectivity index (χ1v) is 11.2. The first-order valence-electron chi connectivity index (χ1n) is 9.54. The Kier molecular flexibility index (Phi) is 5.09.